The van der Waals surface area contributed by atoms with Gasteiger partial charge in [0.05, 0.1) is 31.3 Å². The highest BCUT2D eigenvalue weighted by Gasteiger charge is 2.31. The molecule has 7 heteroatoms. The van der Waals surface area contributed by atoms with Crippen molar-refractivity contribution in [2.45, 2.75) is 26.1 Å². The standard InChI is InChI=1S/C18H22N2O4S/c1-11-9-20(10-12(2)24-11)18-19-17(21)16(25-18)8-13-5-6-14(22-3)15(7-13)23-4/h5-8,11-12H,9-10H2,1-4H3/b16-8+/t11-,12+. The first-order valence-electron chi connectivity index (χ1n) is 8.15. The highest BCUT2D eigenvalue weighted by molar-refractivity contribution is 8.18. The Morgan fingerprint density at radius 2 is 1.88 bits per heavy atom. The van der Waals surface area contributed by atoms with E-state index in [0.717, 1.165) is 23.8 Å². The molecule has 0 bridgehead atoms. The van der Waals surface area contributed by atoms with Crippen LogP contribution in [-0.4, -0.2) is 55.5 Å². The maximum atomic E-state index is 12.3. The molecule has 2 aliphatic heterocycles. The molecule has 0 N–H and O–H groups in total. The molecule has 1 amide bonds. The van der Waals surface area contributed by atoms with Crippen molar-refractivity contribution < 1.29 is 19.0 Å². The van der Waals surface area contributed by atoms with Crippen LogP contribution in [0.1, 0.15) is 19.4 Å². The van der Waals surface area contributed by atoms with Gasteiger partial charge in [0.25, 0.3) is 5.91 Å². The summed E-state index contributed by atoms with van der Waals surface area (Å²) in [6.07, 6.45) is 2.08. The van der Waals surface area contributed by atoms with Crippen LogP contribution in [-0.2, 0) is 9.53 Å². The number of nitrogens with zero attached hydrogens (tertiary/aromatic N) is 2. The number of carbonyl (C=O) groups excluding carboxylic acids is 1. The molecule has 2 heterocycles. The van der Waals surface area contributed by atoms with Crippen molar-refractivity contribution in [2.75, 3.05) is 27.3 Å². The Morgan fingerprint density at radius 1 is 1.20 bits per heavy atom. The minimum atomic E-state index is -0.207. The molecule has 0 aliphatic carbocycles. The molecule has 0 radical (unpaired) electrons. The van der Waals surface area contributed by atoms with Gasteiger partial charge in [0, 0.05) is 13.1 Å². The van der Waals surface area contributed by atoms with E-state index in [-0.39, 0.29) is 18.1 Å². The molecule has 0 unspecified atom stereocenters. The van der Waals surface area contributed by atoms with Gasteiger partial charge in [-0.3, -0.25) is 4.79 Å². The Kier molecular flexibility index (Phi) is 5.34. The van der Waals surface area contributed by atoms with E-state index in [9.17, 15) is 4.79 Å². The molecule has 1 aromatic rings. The molecule has 0 aromatic heterocycles. The monoisotopic (exact) mass is 362 g/mol. The van der Waals surface area contributed by atoms with E-state index in [4.69, 9.17) is 14.2 Å². The van der Waals surface area contributed by atoms with Gasteiger partial charge in [-0.2, -0.15) is 4.99 Å². The first-order valence-corrected chi connectivity index (χ1v) is 8.96. The molecule has 2 atom stereocenters. The van der Waals surface area contributed by atoms with Crippen LogP contribution >= 0.6 is 11.8 Å². The average molecular weight is 362 g/mol. The van der Waals surface area contributed by atoms with Crippen LogP contribution in [0.15, 0.2) is 28.1 Å². The lowest BCUT2D eigenvalue weighted by molar-refractivity contribution is -0.113. The van der Waals surface area contributed by atoms with Gasteiger partial charge in [-0.1, -0.05) is 6.07 Å². The Morgan fingerprint density at radius 3 is 2.52 bits per heavy atom. The van der Waals surface area contributed by atoms with Gasteiger partial charge < -0.3 is 19.1 Å². The summed E-state index contributed by atoms with van der Waals surface area (Å²) in [5.74, 6) is 1.08. The minimum Gasteiger partial charge on any atom is -0.493 e. The summed E-state index contributed by atoms with van der Waals surface area (Å²) >= 11 is 1.41. The largest absolute Gasteiger partial charge is 0.493 e. The molecule has 25 heavy (non-hydrogen) atoms. The summed E-state index contributed by atoms with van der Waals surface area (Å²) < 4.78 is 16.3. The first-order chi connectivity index (χ1) is 12.0. The van der Waals surface area contributed by atoms with Crippen molar-refractivity contribution in [1.82, 2.24) is 4.90 Å². The molecule has 0 spiro atoms. The molecule has 134 valence electrons. The van der Waals surface area contributed by atoms with Crippen LogP contribution in [0.2, 0.25) is 0 Å². The summed E-state index contributed by atoms with van der Waals surface area (Å²) in [6, 6.07) is 5.55. The second-order valence-electron chi connectivity index (χ2n) is 6.09. The number of hydrogen-bond donors (Lipinski definition) is 0. The van der Waals surface area contributed by atoms with Gasteiger partial charge in [-0.15, -0.1) is 0 Å². The van der Waals surface area contributed by atoms with Crippen LogP contribution in [0.5, 0.6) is 11.5 Å². The van der Waals surface area contributed by atoms with E-state index in [2.05, 4.69) is 9.89 Å². The van der Waals surface area contributed by atoms with E-state index in [1.165, 1.54) is 11.8 Å². The Hall–Kier alpha value is -1.99. The van der Waals surface area contributed by atoms with Crippen LogP contribution in [0, 0.1) is 0 Å². The van der Waals surface area contributed by atoms with Crippen molar-refractivity contribution in [3.05, 3.63) is 28.7 Å². The summed E-state index contributed by atoms with van der Waals surface area (Å²) in [5, 5.41) is 0.749. The van der Waals surface area contributed by atoms with Crippen LogP contribution in [0.4, 0.5) is 0 Å². The van der Waals surface area contributed by atoms with Crippen molar-refractivity contribution in [3.63, 3.8) is 0 Å². The van der Waals surface area contributed by atoms with Crippen molar-refractivity contribution in [3.8, 4) is 11.5 Å². The third-order valence-corrected chi connectivity index (χ3v) is 5.05. The molecule has 3 rings (SSSR count). The third-order valence-electron chi connectivity index (χ3n) is 4.00. The third kappa shape index (κ3) is 3.99. The Labute approximate surface area is 151 Å². The van der Waals surface area contributed by atoms with E-state index >= 15 is 0 Å². The van der Waals surface area contributed by atoms with Crippen molar-refractivity contribution >= 4 is 28.9 Å². The minimum absolute atomic E-state index is 0.126. The molecule has 6 nitrogen and oxygen atoms in total. The average Bonchev–Trinajstić information content (AvgIpc) is 2.94. The lowest BCUT2D eigenvalue weighted by atomic mass is 10.2. The highest BCUT2D eigenvalue weighted by Crippen LogP contribution is 2.33. The van der Waals surface area contributed by atoms with Crippen LogP contribution < -0.4 is 9.47 Å². The topological polar surface area (TPSA) is 60.4 Å². The predicted molar refractivity (Wildman–Crippen MR) is 99.1 cm³/mol. The number of benzene rings is 1. The first kappa shape index (κ1) is 17.8. The quantitative estimate of drug-likeness (QED) is 0.771. The van der Waals surface area contributed by atoms with E-state index in [1.807, 2.05) is 38.1 Å². The molecular weight excluding hydrogens is 340 g/mol. The normalized spacial score (nSPS) is 25.3. The zero-order valence-electron chi connectivity index (χ0n) is 14.8. The molecule has 1 saturated heterocycles. The van der Waals surface area contributed by atoms with E-state index in [1.54, 1.807) is 14.2 Å². The number of amidine groups is 1. The smallest absolute Gasteiger partial charge is 0.286 e. The van der Waals surface area contributed by atoms with Crippen LogP contribution in [0.3, 0.4) is 0 Å². The summed E-state index contributed by atoms with van der Waals surface area (Å²) in [7, 11) is 3.18. The number of morpholine rings is 1. The fourth-order valence-electron chi connectivity index (χ4n) is 2.96. The van der Waals surface area contributed by atoms with Gasteiger partial charge >= 0.3 is 0 Å². The van der Waals surface area contributed by atoms with E-state index < -0.39 is 0 Å². The second-order valence-corrected chi connectivity index (χ2v) is 7.10. The SMILES string of the molecule is COc1ccc(/C=C2/SC(N3C[C@@H](C)O[C@@H](C)C3)=NC2=O)cc1OC. The van der Waals surface area contributed by atoms with Crippen LogP contribution in [0.25, 0.3) is 6.08 Å². The Bertz CT molecular complexity index is 722. The van der Waals surface area contributed by atoms with Gasteiger partial charge in [-0.05, 0) is 49.4 Å². The number of carbonyl (C=O) groups is 1. The maximum Gasteiger partial charge on any atom is 0.286 e. The van der Waals surface area contributed by atoms with Gasteiger partial charge in [0.15, 0.2) is 16.7 Å². The van der Waals surface area contributed by atoms with Crippen molar-refractivity contribution in [2.24, 2.45) is 4.99 Å². The maximum absolute atomic E-state index is 12.3. The van der Waals surface area contributed by atoms with E-state index in [0.29, 0.717) is 16.4 Å². The fourth-order valence-corrected chi connectivity index (χ4v) is 3.89. The molecule has 0 saturated carbocycles. The molecule has 1 fully saturated rings. The number of amides is 1. The van der Waals surface area contributed by atoms with Gasteiger partial charge in [0.2, 0.25) is 0 Å². The number of thioether (sulfide) groups is 1. The number of methoxy groups -OCH3 is 2. The summed E-state index contributed by atoms with van der Waals surface area (Å²) in [4.78, 5) is 19.2. The molecule has 2 aliphatic rings. The fraction of sp³-hybridized carbons (Fsp3) is 0.444. The lowest BCUT2D eigenvalue weighted by Gasteiger charge is -2.35. The highest BCUT2D eigenvalue weighted by atomic mass is 32.2. The van der Waals surface area contributed by atoms with Gasteiger partial charge in [0.1, 0.15) is 0 Å². The Balaban J connectivity index is 1.77. The van der Waals surface area contributed by atoms with Gasteiger partial charge in [-0.25, -0.2) is 0 Å². The number of aliphatic imine (C=N–C) groups is 1. The number of ether oxygens (including phenoxy) is 3. The zero-order chi connectivity index (χ0) is 18.0. The lowest BCUT2D eigenvalue weighted by Crippen LogP contribution is -2.47. The predicted octanol–water partition coefficient (Wildman–Crippen LogP) is 2.78. The van der Waals surface area contributed by atoms with Crippen molar-refractivity contribution in [1.29, 1.82) is 0 Å². The summed E-state index contributed by atoms with van der Waals surface area (Å²) in [5.41, 5.74) is 0.869. The number of hydrogen-bond acceptors (Lipinski definition) is 6. The molecular formula is C18H22N2O4S. The molecule has 1 aromatic carbocycles. The summed E-state index contributed by atoms with van der Waals surface area (Å²) in [6.45, 7) is 5.55. The zero-order valence-corrected chi connectivity index (χ0v) is 15.6. The second kappa shape index (κ2) is 7.49. The number of rotatable bonds is 3.